The summed E-state index contributed by atoms with van der Waals surface area (Å²) in [6.45, 7) is 3.69. The number of aliphatic hydroxyl groups is 1. The van der Waals surface area contributed by atoms with Crippen LogP contribution < -0.4 is 14.8 Å². The molecule has 7 nitrogen and oxygen atoms in total. The van der Waals surface area contributed by atoms with Crippen molar-refractivity contribution in [3.05, 3.63) is 39.3 Å². The van der Waals surface area contributed by atoms with Crippen molar-refractivity contribution in [2.75, 3.05) is 34.4 Å². The minimum absolute atomic E-state index is 0.213. The van der Waals surface area contributed by atoms with Crippen LogP contribution in [0.3, 0.4) is 0 Å². The van der Waals surface area contributed by atoms with Crippen molar-refractivity contribution in [2.24, 2.45) is 4.99 Å². The minimum atomic E-state index is -0.802. The second-order valence-electron chi connectivity index (χ2n) is 7.36. The van der Waals surface area contributed by atoms with Gasteiger partial charge in [0.1, 0.15) is 22.6 Å². The Balaban J connectivity index is 1.71. The van der Waals surface area contributed by atoms with E-state index in [0.29, 0.717) is 23.6 Å². The number of hydrogen-bond acceptors (Lipinski definition) is 6. The minimum Gasteiger partial charge on any atom is -0.497 e. The van der Waals surface area contributed by atoms with Crippen molar-refractivity contribution >= 4 is 17.3 Å². The van der Waals surface area contributed by atoms with Gasteiger partial charge in [0, 0.05) is 24.0 Å². The number of rotatable bonds is 8. The number of methoxy groups -OCH3 is 2. The number of benzene rings is 1. The summed E-state index contributed by atoms with van der Waals surface area (Å²) in [5, 5.41) is 15.2. The largest absolute Gasteiger partial charge is 0.497 e. The van der Waals surface area contributed by atoms with Gasteiger partial charge in [0.25, 0.3) is 0 Å². The molecular weight excluding hydrogens is 400 g/mol. The lowest BCUT2D eigenvalue weighted by Crippen LogP contribution is -2.38. The standard InChI is InChI=1S/C22H32N4O3S/c1-5-23-22(26(2)14-21-25-17-8-6-7-9-20(17)30-21)24-13-18(27)16-12-15(28-3)10-11-19(16)29-4/h10-12,18,27H,5-9,13-14H2,1-4H3,(H,23,24). The number of guanidine groups is 1. The number of thiazole rings is 1. The number of fused-ring (bicyclic) bond motifs is 1. The normalized spacial score (nSPS) is 14.8. The van der Waals surface area contributed by atoms with Crippen LogP contribution in [-0.2, 0) is 19.4 Å². The third kappa shape index (κ3) is 5.43. The van der Waals surface area contributed by atoms with Gasteiger partial charge < -0.3 is 24.8 Å². The van der Waals surface area contributed by atoms with Crippen LogP contribution in [0, 0.1) is 0 Å². The zero-order chi connectivity index (χ0) is 21.5. The fourth-order valence-electron chi connectivity index (χ4n) is 3.59. The molecule has 2 aromatic rings. The van der Waals surface area contributed by atoms with Gasteiger partial charge in [0.2, 0.25) is 0 Å². The molecule has 0 bridgehead atoms. The van der Waals surface area contributed by atoms with Crippen molar-refractivity contribution in [3.8, 4) is 11.5 Å². The highest BCUT2D eigenvalue weighted by Gasteiger charge is 2.18. The average Bonchev–Trinajstić information content (AvgIpc) is 3.18. The first-order chi connectivity index (χ1) is 14.5. The molecule has 0 radical (unpaired) electrons. The molecule has 0 saturated heterocycles. The smallest absolute Gasteiger partial charge is 0.194 e. The molecule has 1 aliphatic carbocycles. The molecule has 1 atom stereocenters. The first-order valence-electron chi connectivity index (χ1n) is 10.4. The van der Waals surface area contributed by atoms with Crippen molar-refractivity contribution < 1.29 is 14.6 Å². The van der Waals surface area contributed by atoms with Crippen molar-refractivity contribution in [2.45, 2.75) is 45.3 Å². The maximum atomic E-state index is 10.8. The van der Waals surface area contributed by atoms with E-state index in [4.69, 9.17) is 14.5 Å². The van der Waals surface area contributed by atoms with Gasteiger partial charge in [-0.3, -0.25) is 4.99 Å². The molecule has 0 amide bonds. The highest BCUT2D eigenvalue weighted by atomic mass is 32.1. The Hall–Kier alpha value is -2.32. The van der Waals surface area contributed by atoms with E-state index in [1.165, 1.54) is 23.4 Å². The molecule has 0 saturated carbocycles. The van der Waals surface area contributed by atoms with Crippen LogP contribution in [0.1, 0.15) is 47.0 Å². The van der Waals surface area contributed by atoms with E-state index in [-0.39, 0.29) is 6.54 Å². The molecule has 8 heteroatoms. The quantitative estimate of drug-likeness (QED) is 0.493. The third-order valence-electron chi connectivity index (χ3n) is 5.17. The molecule has 1 aliphatic rings. The molecule has 30 heavy (non-hydrogen) atoms. The Bertz CT molecular complexity index is 845. The van der Waals surface area contributed by atoms with Gasteiger partial charge in [-0.15, -0.1) is 11.3 Å². The van der Waals surface area contributed by atoms with Gasteiger partial charge in [-0.25, -0.2) is 4.98 Å². The van der Waals surface area contributed by atoms with E-state index >= 15 is 0 Å². The predicted octanol–water partition coefficient (Wildman–Crippen LogP) is 3.17. The topological polar surface area (TPSA) is 79.2 Å². The van der Waals surface area contributed by atoms with E-state index in [9.17, 15) is 5.11 Å². The zero-order valence-electron chi connectivity index (χ0n) is 18.3. The molecule has 0 fully saturated rings. The maximum absolute atomic E-state index is 10.8. The van der Waals surface area contributed by atoms with Gasteiger partial charge in [-0.2, -0.15) is 0 Å². The van der Waals surface area contributed by atoms with E-state index in [2.05, 4.69) is 15.2 Å². The van der Waals surface area contributed by atoms with Gasteiger partial charge in [0.05, 0.1) is 33.0 Å². The summed E-state index contributed by atoms with van der Waals surface area (Å²) in [6.07, 6.45) is 3.95. The van der Waals surface area contributed by atoms with Gasteiger partial charge in [-0.05, 0) is 50.8 Å². The zero-order valence-corrected chi connectivity index (χ0v) is 19.1. The van der Waals surface area contributed by atoms with Crippen LogP contribution in [-0.4, -0.2) is 55.3 Å². The molecule has 3 rings (SSSR count). The summed E-state index contributed by atoms with van der Waals surface area (Å²) in [5.41, 5.74) is 1.93. The SMILES string of the molecule is CCNC(=NCC(O)c1cc(OC)ccc1OC)N(C)Cc1nc2c(s1)CCCC2. The van der Waals surface area contributed by atoms with E-state index in [0.717, 1.165) is 30.4 Å². The van der Waals surface area contributed by atoms with E-state index < -0.39 is 6.10 Å². The number of ether oxygens (including phenoxy) is 2. The monoisotopic (exact) mass is 432 g/mol. The van der Waals surface area contributed by atoms with Crippen LogP contribution in [0.25, 0.3) is 0 Å². The number of aryl methyl sites for hydroxylation is 2. The van der Waals surface area contributed by atoms with Gasteiger partial charge in [0.15, 0.2) is 5.96 Å². The Kier molecular flexibility index (Phi) is 7.93. The summed E-state index contributed by atoms with van der Waals surface area (Å²) in [7, 11) is 5.19. The molecule has 1 aromatic carbocycles. The number of aliphatic hydroxyl groups excluding tert-OH is 1. The number of hydrogen-bond donors (Lipinski definition) is 2. The van der Waals surface area contributed by atoms with Crippen LogP contribution in [0.15, 0.2) is 23.2 Å². The second kappa shape index (κ2) is 10.6. The summed E-state index contributed by atoms with van der Waals surface area (Å²) in [4.78, 5) is 13.0. The third-order valence-corrected chi connectivity index (χ3v) is 6.31. The summed E-state index contributed by atoms with van der Waals surface area (Å²) in [6, 6.07) is 5.39. The van der Waals surface area contributed by atoms with Crippen LogP contribution >= 0.6 is 11.3 Å². The van der Waals surface area contributed by atoms with Gasteiger partial charge in [-0.1, -0.05) is 0 Å². The molecular formula is C22H32N4O3S. The molecule has 1 heterocycles. The average molecular weight is 433 g/mol. The number of nitrogens with zero attached hydrogens (tertiary/aromatic N) is 3. The van der Waals surface area contributed by atoms with Crippen molar-refractivity contribution in [3.63, 3.8) is 0 Å². The Labute approximate surface area is 182 Å². The molecule has 0 aliphatic heterocycles. The molecule has 2 N–H and O–H groups in total. The first kappa shape index (κ1) is 22.4. The summed E-state index contributed by atoms with van der Waals surface area (Å²) >= 11 is 1.81. The fraction of sp³-hybridized carbons (Fsp3) is 0.545. The Morgan fingerprint density at radius 2 is 2.10 bits per heavy atom. The lowest BCUT2D eigenvalue weighted by molar-refractivity contribution is 0.181. The van der Waals surface area contributed by atoms with Crippen molar-refractivity contribution in [1.29, 1.82) is 0 Å². The van der Waals surface area contributed by atoms with E-state index in [1.807, 2.05) is 31.4 Å². The lowest BCUT2D eigenvalue weighted by Gasteiger charge is -2.22. The Morgan fingerprint density at radius 3 is 2.80 bits per heavy atom. The highest BCUT2D eigenvalue weighted by Crippen LogP contribution is 2.30. The number of nitrogens with one attached hydrogen (secondary N) is 1. The van der Waals surface area contributed by atoms with Crippen LogP contribution in [0.4, 0.5) is 0 Å². The molecule has 0 spiro atoms. The molecule has 1 unspecified atom stereocenters. The molecule has 164 valence electrons. The van der Waals surface area contributed by atoms with Crippen LogP contribution in [0.2, 0.25) is 0 Å². The lowest BCUT2D eigenvalue weighted by atomic mass is 10.0. The highest BCUT2D eigenvalue weighted by molar-refractivity contribution is 7.11. The maximum Gasteiger partial charge on any atom is 0.194 e. The summed E-state index contributed by atoms with van der Waals surface area (Å²) in [5.74, 6) is 2.03. The van der Waals surface area contributed by atoms with Gasteiger partial charge >= 0.3 is 0 Å². The van der Waals surface area contributed by atoms with Crippen molar-refractivity contribution in [1.82, 2.24) is 15.2 Å². The molecule has 1 aromatic heterocycles. The van der Waals surface area contributed by atoms with Crippen LogP contribution in [0.5, 0.6) is 11.5 Å². The Morgan fingerprint density at radius 1 is 1.30 bits per heavy atom. The van der Waals surface area contributed by atoms with E-state index in [1.54, 1.807) is 26.4 Å². The predicted molar refractivity (Wildman–Crippen MR) is 121 cm³/mol. The summed E-state index contributed by atoms with van der Waals surface area (Å²) < 4.78 is 10.7. The first-order valence-corrected chi connectivity index (χ1v) is 11.2. The number of aromatic nitrogens is 1. The number of aliphatic imine (C=N–C) groups is 1. The second-order valence-corrected chi connectivity index (χ2v) is 8.53. The fourth-order valence-corrected chi connectivity index (χ4v) is 4.80.